The molecule has 0 saturated carbocycles. The van der Waals surface area contributed by atoms with Gasteiger partial charge in [-0.05, 0) is 30.2 Å². The predicted octanol–water partition coefficient (Wildman–Crippen LogP) is 1.60. The second kappa shape index (κ2) is 6.66. The van der Waals surface area contributed by atoms with Gasteiger partial charge >= 0.3 is 0 Å². The fourth-order valence-electron chi connectivity index (χ4n) is 3.87. The molecule has 3 atom stereocenters. The van der Waals surface area contributed by atoms with Gasteiger partial charge in [-0.25, -0.2) is 0 Å². The van der Waals surface area contributed by atoms with Crippen molar-refractivity contribution in [3.63, 3.8) is 0 Å². The summed E-state index contributed by atoms with van der Waals surface area (Å²) in [5.74, 6) is 0.805. The van der Waals surface area contributed by atoms with Crippen LogP contribution in [0.15, 0.2) is 29.8 Å². The van der Waals surface area contributed by atoms with Crippen LogP contribution in [0.4, 0.5) is 0 Å². The standard InChI is InChI=1S/C19H19N3O2S/c20-9-15-10-25-11-22(15)19(24)17-16(5-6-21-17)18(23)14-7-12-3-1-2-4-13(12)8-14/h1-4,7,15-17,21H,5-6,8,10-11H2/t15-,16?,17-/m1/s1. The summed E-state index contributed by atoms with van der Waals surface area (Å²) in [5, 5.41) is 12.4. The first-order valence-corrected chi connectivity index (χ1v) is 9.68. The van der Waals surface area contributed by atoms with Gasteiger partial charge in [-0.15, -0.1) is 11.8 Å². The van der Waals surface area contributed by atoms with Gasteiger partial charge in [0.2, 0.25) is 5.91 Å². The third kappa shape index (κ3) is 2.88. The zero-order valence-electron chi connectivity index (χ0n) is 13.8. The van der Waals surface area contributed by atoms with Crippen molar-refractivity contribution in [2.75, 3.05) is 18.2 Å². The van der Waals surface area contributed by atoms with Gasteiger partial charge in [-0.3, -0.25) is 9.59 Å². The van der Waals surface area contributed by atoms with Gasteiger partial charge in [-0.2, -0.15) is 5.26 Å². The minimum absolute atomic E-state index is 0.0694. The van der Waals surface area contributed by atoms with Crippen LogP contribution < -0.4 is 5.32 Å². The van der Waals surface area contributed by atoms with E-state index in [1.54, 1.807) is 16.7 Å². The van der Waals surface area contributed by atoms with Crippen LogP contribution in [-0.2, 0) is 16.0 Å². The molecule has 1 amide bonds. The zero-order valence-corrected chi connectivity index (χ0v) is 14.6. The lowest BCUT2D eigenvalue weighted by Crippen LogP contribution is -2.49. The van der Waals surface area contributed by atoms with Gasteiger partial charge in [0.15, 0.2) is 5.78 Å². The van der Waals surface area contributed by atoms with Crippen LogP contribution in [0.1, 0.15) is 17.5 Å². The van der Waals surface area contributed by atoms with E-state index in [1.807, 2.05) is 30.3 Å². The molecule has 5 nitrogen and oxygen atoms in total. The molecule has 4 rings (SSSR count). The summed E-state index contributed by atoms with van der Waals surface area (Å²) < 4.78 is 0. The van der Waals surface area contributed by atoms with E-state index >= 15 is 0 Å². The molecule has 0 spiro atoms. The number of hydrogen-bond donors (Lipinski definition) is 1. The smallest absolute Gasteiger partial charge is 0.242 e. The molecule has 1 unspecified atom stereocenters. The minimum atomic E-state index is -0.508. The van der Waals surface area contributed by atoms with E-state index in [4.69, 9.17) is 0 Å². The number of allylic oxidation sites excluding steroid dienone is 1. The molecule has 2 heterocycles. The number of nitrogens with zero attached hydrogens (tertiary/aromatic N) is 2. The molecule has 0 radical (unpaired) electrons. The fraction of sp³-hybridized carbons (Fsp3) is 0.421. The first kappa shape index (κ1) is 16.4. The number of Topliss-reactive ketones (excluding diaryl/α,β-unsaturated/α-hetero) is 1. The lowest BCUT2D eigenvalue weighted by Gasteiger charge is -2.25. The van der Waals surface area contributed by atoms with E-state index in [-0.39, 0.29) is 23.7 Å². The molecule has 1 aromatic rings. The van der Waals surface area contributed by atoms with Crippen molar-refractivity contribution in [3.05, 3.63) is 41.0 Å². The number of thioether (sulfide) groups is 1. The van der Waals surface area contributed by atoms with E-state index < -0.39 is 6.04 Å². The first-order valence-electron chi connectivity index (χ1n) is 8.53. The fourth-order valence-corrected chi connectivity index (χ4v) is 4.95. The molecule has 2 saturated heterocycles. The Kier molecular flexibility index (Phi) is 4.36. The maximum atomic E-state index is 13.0. The van der Waals surface area contributed by atoms with Gasteiger partial charge < -0.3 is 10.2 Å². The van der Waals surface area contributed by atoms with Crippen LogP contribution in [0.2, 0.25) is 0 Å². The molecule has 1 aliphatic carbocycles. The lowest BCUT2D eigenvalue weighted by atomic mass is 9.89. The maximum Gasteiger partial charge on any atom is 0.242 e. The topological polar surface area (TPSA) is 73.2 Å². The van der Waals surface area contributed by atoms with Gasteiger partial charge in [0.1, 0.15) is 6.04 Å². The van der Waals surface area contributed by atoms with Gasteiger partial charge in [-0.1, -0.05) is 24.3 Å². The Morgan fingerprint density at radius 3 is 2.96 bits per heavy atom. The monoisotopic (exact) mass is 353 g/mol. The van der Waals surface area contributed by atoms with Crippen LogP contribution in [0, 0.1) is 17.2 Å². The van der Waals surface area contributed by atoms with Crippen molar-refractivity contribution in [1.29, 1.82) is 5.26 Å². The van der Waals surface area contributed by atoms with Crippen LogP contribution in [0.3, 0.4) is 0 Å². The summed E-state index contributed by atoms with van der Waals surface area (Å²) in [6.45, 7) is 0.658. The average Bonchev–Trinajstić information content (AvgIpc) is 3.38. The quantitative estimate of drug-likeness (QED) is 0.893. The SMILES string of the molecule is N#C[C@@H]1CSCN1C(=O)[C@@H]1NCCC1C(=O)C1=Cc2ccccc2C1. The van der Waals surface area contributed by atoms with Crippen molar-refractivity contribution >= 4 is 29.5 Å². The molecule has 128 valence electrons. The molecule has 0 bridgehead atoms. The van der Waals surface area contributed by atoms with Crippen molar-refractivity contribution < 1.29 is 9.59 Å². The Balaban J connectivity index is 1.51. The summed E-state index contributed by atoms with van der Waals surface area (Å²) in [7, 11) is 0. The van der Waals surface area contributed by atoms with Crippen molar-refractivity contribution in [2.24, 2.45) is 5.92 Å². The third-order valence-electron chi connectivity index (χ3n) is 5.22. The molecule has 1 N–H and O–H groups in total. The zero-order chi connectivity index (χ0) is 17.4. The number of benzene rings is 1. The number of rotatable bonds is 3. The first-order chi connectivity index (χ1) is 12.2. The predicted molar refractivity (Wildman–Crippen MR) is 96.6 cm³/mol. The molecule has 2 fully saturated rings. The van der Waals surface area contributed by atoms with Crippen LogP contribution >= 0.6 is 11.8 Å². The summed E-state index contributed by atoms with van der Waals surface area (Å²) >= 11 is 1.59. The number of hydrogen-bond acceptors (Lipinski definition) is 5. The highest BCUT2D eigenvalue weighted by Crippen LogP contribution is 2.31. The number of nitriles is 1. The molecule has 25 heavy (non-hydrogen) atoms. The van der Waals surface area contributed by atoms with E-state index in [1.165, 1.54) is 5.56 Å². The average molecular weight is 353 g/mol. The van der Waals surface area contributed by atoms with E-state index in [2.05, 4.69) is 11.4 Å². The molecule has 6 heteroatoms. The Morgan fingerprint density at radius 2 is 2.16 bits per heavy atom. The highest BCUT2D eigenvalue weighted by molar-refractivity contribution is 7.99. The minimum Gasteiger partial charge on any atom is -0.315 e. The van der Waals surface area contributed by atoms with Crippen LogP contribution in [0.25, 0.3) is 6.08 Å². The number of ketones is 1. The Hall–Kier alpha value is -2.10. The number of amides is 1. The number of fused-ring (bicyclic) bond motifs is 1. The van der Waals surface area contributed by atoms with Crippen LogP contribution in [0.5, 0.6) is 0 Å². The Bertz CT molecular complexity index is 798. The highest BCUT2D eigenvalue weighted by atomic mass is 32.2. The summed E-state index contributed by atoms with van der Waals surface area (Å²) in [6.07, 6.45) is 3.27. The maximum absolute atomic E-state index is 13.0. The number of carbonyl (C=O) groups excluding carboxylic acids is 2. The third-order valence-corrected chi connectivity index (χ3v) is 6.23. The Morgan fingerprint density at radius 1 is 1.32 bits per heavy atom. The van der Waals surface area contributed by atoms with Crippen molar-refractivity contribution in [1.82, 2.24) is 10.2 Å². The molecule has 1 aromatic carbocycles. The Labute approximate surface area is 151 Å². The molecular weight excluding hydrogens is 334 g/mol. The van der Waals surface area contributed by atoms with Crippen molar-refractivity contribution in [3.8, 4) is 6.07 Å². The summed E-state index contributed by atoms with van der Waals surface area (Å²) in [4.78, 5) is 27.6. The van der Waals surface area contributed by atoms with E-state index in [0.717, 1.165) is 11.1 Å². The van der Waals surface area contributed by atoms with E-state index in [9.17, 15) is 14.9 Å². The molecule has 0 aromatic heterocycles. The molecule has 2 aliphatic heterocycles. The van der Waals surface area contributed by atoms with Crippen LogP contribution in [-0.4, -0.2) is 46.8 Å². The number of nitrogens with one attached hydrogen (secondary N) is 1. The lowest BCUT2D eigenvalue weighted by molar-refractivity contribution is -0.136. The second-order valence-corrected chi connectivity index (χ2v) is 7.69. The molecule has 3 aliphatic rings. The van der Waals surface area contributed by atoms with Crippen molar-refractivity contribution in [2.45, 2.75) is 24.9 Å². The second-order valence-electron chi connectivity index (χ2n) is 6.69. The normalized spacial score (nSPS) is 27.7. The summed E-state index contributed by atoms with van der Waals surface area (Å²) in [5.41, 5.74) is 3.06. The van der Waals surface area contributed by atoms with Gasteiger partial charge in [0.25, 0.3) is 0 Å². The highest BCUT2D eigenvalue weighted by Gasteiger charge is 2.43. The summed E-state index contributed by atoms with van der Waals surface area (Å²) in [6, 6.07) is 9.31. The van der Waals surface area contributed by atoms with E-state index in [0.29, 0.717) is 31.0 Å². The van der Waals surface area contributed by atoms with Gasteiger partial charge in [0.05, 0.1) is 18.0 Å². The largest absolute Gasteiger partial charge is 0.315 e. The number of carbonyl (C=O) groups is 2. The molecular formula is C19H19N3O2S. The van der Waals surface area contributed by atoms with Gasteiger partial charge in [0, 0.05) is 23.7 Å².